The van der Waals surface area contributed by atoms with Crippen LogP contribution in [0, 0.1) is 0 Å². The van der Waals surface area contributed by atoms with Gasteiger partial charge in [0.25, 0.3) is 5.22 Å². The third-order valence-electron chi connectivity index (χ3n) is 2.60. The molecule has 1 heterocycles. The van der Waals surface area contributed by atoms with Gasteiger partial charge in [0, 0.05) is 5.56 Å². The van der Waals surface area contributed by atoms with Crippen LogP contribution in [0.1, 0.15) is 17.4 Å². The number of rotatable bonds is 5. The molecule has 0 unspecified atom stereocenters. The summed E-state index contributed by atoms with van der Waals surface area (Å²) in [7, 11) is 1.60. The molecule has 0 radical (unpaired) electrons. The Labute approximate surface area is 121 Å². The molecule has 0 bridgehead atoms. The van der Waals surface area contributed by atoms with Gasteiger partial charge in [-0.25, -0.2) is 4.79 Å². The number of carbonyl (C=O) groups excluding carboxylic acids is 1. The molecule has 106 valence electrons. The molecule has 5 nitrogen and oxygen atoms in total. The van der Waals surface area contributed by atoms with Crippen molar-refractivity contribution in [3.8, 4) is 17.1 Å². The van der Waals surface area contributed by atoms with E-state index in [1.807, 2.05) is 18.4 Å². The molecule has 0 aliphatic heterocycles. The highest BCUT2D eigenvalue weighted by atomic mass is 32.2. The highest BCUT2D eigenvalue weighted by Gasteiger charge is 2.22. The number of benzene rings is 1. The Balaban J connectivity index is 2.42. The van der Waals surface area contributed by atoms with Gasteiger partial charge >= 0.3 is 5.97 Å². The molecule has 0 atom stereocenters. The fourth-order valence-corrected chi connectivity index (χ4v) is 2.01. The summed E-state index contributed by atoms with van der Waals surface area (Å²) in [5.74, 6) is 0.661. The van der Waals surface area contributed by atoms with E-state index >= 15 is 0 Å². The molecular weight excluding hydrogens is 278 g/mol. The molecule has 0 fully saturated rings. The highest BCUT2D eigenvalue weighted by Crippen LogP contribution is 2.30. The van der Waals surface area contributed by atoms with Crippen molar-refractivity contribution in [2.45, 2.75) is 12.1 Å². The van der Waals surface area contributed by atoms with Gasteiger partial charge in [-0.15, -0.1) is 0 Å². The number of ether oxygens (including phenoxy) is 2. The number of hydrogen-bond donors (Lipinski definition) is 0. The first-order valence-corrected chi connectivity index (χ1v) is 7.28. The SMILES string of the molecule is CCOC(=O)c1nc(SC)oc1-c1ccc(OC)cc1. The lowest BCUT2D eigenvalue weighted by atomic mass is 10.1. The van der Waals surface area contributed by atoms with Crippen molar-refractivity contribution in [1.82, 2.24) is 4.98 Å². The second kappa shape index (κ2) is 6.47. The molecule has 0 aliphatic rings. The van der Waals surface area contributed by atoms with Crippen LogP contribution < -0.4 is 4.74 Å². The van der Waals surface area contributed by atoms with E-state index in [0.717, 1.165) is 11.3 Å². The van der Waals surface area contributed by atoms with E-state index < -0.39 is 5.97 Å². The number of hydrogen-bond acceptors (Lipinski definition) is 6. The first-order valence-electron chi connectivity index (χ1n) is 6.06. The second-order valence-electron chi connectivity index (χ2n) is 3.81. The molecule has 0 saturated heterocycles. The van der Waals surface area contributed by atoms with Gasteiger partial charge in [-0.3, -0.25) is 0 Å². The highest BCUT2D eigenvalue weighted by molar-refractivity contribution is 7.98. The van der Waals surface area contributed by atoms with Crippen LogP contribution in [0.25, 0.3) is 11.3 Å². The fraction of sp³-hybridized carbons (Fsp3) is 0.286. The molecule has 0 spiro atoms. The van der Waals surface area contributed by atoms with Crippen LogP contribution in [0.4, 0.5) is 0 Å². The normalized spacial score (nSPS) is 10.3. The monoisotopic (exact) mass is 293 g/mol. The van der Waals surface area contributed by atoms with Crippen molar-refractivity contribution in [1.29, 1.82) is 0 Å². The van der Waals surface area contributed by atoms with E-state index in [-0.39, 0.29) is 5.69 Å². The van der Waals surface area contributed by atoms with E-state index in [4.69, 9.17) is 13.9 Å². The lowest BCUT2D eigenvalue weighted by Gasteiger charge is -2.03. The van der Waals surface area contributed by atoms with Crippen LogP contribution in [0.2, 0.25) is 0 Å². The first kappa shape index (κ1) is 14.5. The zero-order valence-corrected chi connectivity index (χ0v) is 12.3. The lowest BCUT2D eigenvalue weighted by molar-refractivity contribution is 0.0520. The Morgan fingerprint density at radius 1 is 1.35 bits per heavy atom. The fourth-order valence-electron chi connectivity index (χ4n) is 1.66. The Morgan fingerprint density at radius 2 is 2.05 bits per heavy atom. The minimum absolute atomic E-state index is 0.196. The summed E-state index contributed by atoms with van der Waals surface area (Å²) in [6.45, 7) is 2.04. The smallest absolute Gasteiger partial charge is 0.361 e. The number of aromatic nitrogens is 1. The van der Waals surface area contributed by atoms with Gasteiger partial charge < -0.3 is 13.9 Å². The number of oxazole rings is 1. The second-order valence-corrected chi connectivity index (χ2v) is 4.57. The van der Waals surface area contributed by atoms with Crippen molar-refractivity contribution in [3.63, 3.8) is 0 Å². The molecule has 0 aliphatic carbocycles. The van der Waals surface area contributed by atoms with Gasteiger partial charge in [0.1, 0.15) is 5.75 Å². The molecule has 2 aromatic rings. The van der Waals surface area contributed by atoms with E-state index in [1.165, 1.54) is 11.8 Å². The largest absolute Gasteiger partial charge is 0.497 e. The summed E-state index contributed by atoms with van der Waals surface area (Å²) < 4.78 is 15.7. The average molecular weight is 293 g/mol. The molecule has 1 aromatic heterocycles. The van der Waals surface area contributed by atoms with Crippen LogP contribution in [0.5, 0.6) is 5.75 Å². The number of nitrogens with zero attached hydrogens (tertiary/aromatic N) is 1. The lowest BCUT2D eigenvalue weighted by Crippen LogP contribution is -2.06. The van der Waals surface area contributed by atoms with Crippen molar-refractivity contribution in [3.05, 3.63) is 30.0 Å². The number of methoxy groups -OCH3 is 1. The Kier molecular flexibility index (Phi) is 4.68. The summed E-state index contributed by atoms with van der Waals surface area (Å²) in [4.78, 5) is 16.1. The Hall–Kier alpha value is -1.95. The molecule has 0 saturated carbocycles. The van der Waals surface area contributed by atoms with Gasteiger partial charge in [0.15, 0.2) is 11.5 Å². The third-order valence-corrected chi connectivity index (χ3v) is 3.13. The summed E-state index contributed by atoms with van der Waals surface area (Å²) in [6, 6.07) is 7.22. The summed E-state index contributed by atoms with van der Waals surface area (Å²) in [5, 5.41) is 0.430. The number of esters is 1. The average Bonchev–Trinajstić information content (AvgIpc) is 2.92. The number of carbonyl (C=O) groups is 1. The van der Waals surface area contributed by atoms with Gasteiger partial charge in [-0.1, -0.05) is 11.8 Å². The maximum Gasteiger partial charge on any atom is 0.361 e. The minimum Gasteiger partial charge on any atom is -0.497 e. The topological polar surface area (TPSA) is 61.6 Å². The van der Waals surface area contributed by atoms with E-state index in [9.17, 15) is 4.79 Å². The minimum atomic E-state index is -0.484. The third kappa shape index (κ3) is 2.96. The van der Waals surface area contributed by atoms with E-state index in [1.54, 1.807) is 26.2 Å². The number of thioether (sulfide) groups is 1. The van der Waals surface area contributed by atoms with Crippen molar-refractivity contribution < 1.29 is 18.7 Å². The van der Waals surface area contributed by atoms with Crippen LogP contribution >= 0.6 is 11.8 Å². The summed E-state index contributed by atoms with van der Waals surface area (Å²) in [5.41, 5.74) is 0.947. The molecule has 1 aromatic carbocycles. The van der Waals surface area contributed by atoms with Crippen LogP contribution in [-0.4, -0.2) is 30.9 Å². The van der Waals surface area contributed by atoms with Crippen molar-refractivity contribution in [2.75, 3.05) is 20.0 Å². The van der Waals surface area contributed by atoms with E-state index in [0.29, 0.717) is 17.6 Å². The van der Waals surface area contributed by atoms with Gasteiger partial charge in [-0.2, -0.15) is 4.98 Å². The summed E-state index contributed by atoms with van der Waals surface area (Å²) in [6.07, 6.45) is 1.83. The van der Waals surface area contributed by atoms with Gasteiger partial charge in [0.05, 0.1) is 13.7 Å². The molecule has 0 N–H and O–H groups in total. The molecule has 20 heavy (non-hydrogen) atoms. The standard InChI is InChI=1S/C14H15NO4S/c1-4-18-13(16)11-12(19-14(15-11)20-3)9-5-7-10(17-2)8-6-9/h5-8H,4H2,1-3H3. The van der Waals surface area contributed by atoms with Crippen LogP contribution in [-0.2, 0) is 4.74 Å². The van der Waals surface area contributed by atoms with Gasteiger partial charge in [-0.05, 0) is 37.4 Å². The van der Waals surface area contributed by atoms with Crippen molar-refractivity contribution in [2.24, 2.45) is 0 Å². The molecule has 0 amide bonds. The molecule has 6 heteroatoms. The molecule has 2 rings (SSSR count). The Bertz CT molecular complexity index is 592. The zero-order valence-electron chi connectivity index (χ0n) is 11.5. The maximum absolute atomic E-state index is 11.9. The summed E-state index contributed by atoms with van der Waals surface area (Å²) >= 11 is 1.33. The first-order chi connectivity index (χ1) is 9.69. The molecular formula is C14H15NO4S. The predicted octanol–water partition coefficient (Wildman–Crippen LogP) is 3.25. The zero-order chi connectivity index (χ0) is 14.5. The van der Waals surface area contributed by atoms with Crippen LogP contribution in [0.15, 0.2) is 33.9 Å². The predicted molar refractivity (Wildman–Crippen MR) is 76.2 cm³/mol. The van der Waals surface area contributed by atoms with E-state index in [2.05, 4.69) is 4.98 Å². The van der Waals surface area contributed by atoms with Gasteiger partial charge in [0.2, 0.25) is 0 Å². The van der Waals surface area contributed by atoms with Crippen molar-refractivity contribution >= 4 is 17.7 Å². The van der Waals surface area contributed by atoms with Crippen LogP contribution in [0.3, 0.4) is 0 Å². The quantitative estimate of drug-likeness (QED) is 0.623. The Morgan fingerprint density at radius 3 is 2.60 bits per heavy atom. The maximum atomic E-state index is 11.9.